The van der Waals surface area contributed by atoms with Crippen molar-refractivity contribution in [3.8, 4) is 6.07 Å². The molecule has 2 aromatic rings. The molecule has 2 aliphatic heterocycles. The van der Waals surface area contributed by atoms with Crippen molar-refractivity contribution in [1.29, 1.82) is 10.7 Å². The summed E-state index contributed by atoms with van der Waals surface area (Å²) in [5.41, 5.74) is 0.768. The summed E-state index contributed by atoms with van der Waals surface area (Å²) in [5.74, 6) is -3.28. The van der Waals surface area contributed by atoms with Crippen LogP contribution in [0.4, 0.5) is 18.9 Å². The molecule has 2 saturated heterocycles. The van der Waals surface area contributed by atoms with Crippen LogP contribution in [0.1, 0.15) is 54.7 Å². The van der Waals surface area contributed by atoms with Crippen molar-refractivity contribution in [2.45, 2.75) is 57.0 Å². The summed E-state index contributed by atoms with van der Waals surface area (Å²) in [6, 6.07) is 8.65. The van der Waals surface area contributed by atoms with E-state index in [0.29, 0.717) is 42.0 Å². The molecule has 1 aromatic heterocycles. The van der Waals surface area contributed by atoms with Crippen molar-refractivity contribution in [2.24, 2.45) is 7.05 Å². The Kier molecular flexibility index (Phi) is 9.35. The maximum absolute atomic E-state index is 13.2. The third-order valence-electron chi connectivity index (χ3n) is 6.68. The van der Waals surface area contributed by atoms with E-state index in [1.165, 1.54) is 11.0 Å². The first kappa shape index (κ1) is 31.4. The molecule has 0 spiro atoms. The molecule has 41 heavy (non-hydrogen) atoms. The Morgan fingerprint density at radius 1 is 1.37 bits per heavy atom. The molecular weight excluding hydrogens is 569 g/mol. The average Bonchev–Trinajstić information content (AvgIpc) is 3.25. The second-order valence-electron chi connectivity index (χ2n) is 9.87. The molecule has 2 amide bonds. The molecule has 2 fully saturated rings. The number of anilines is 1. The number of carboxylic acid groups (broad SMARTS) is 1. The number of nitrogens with one attached hydrogen (secondary N) is 3. The van der Waals surface area contributed by atoms with Crippen molar-refractivity contribution in [3.05, 3.63) is 52.3 Å². The molecule has 11 nitrogen and oxygen atoms in total. The van der Waals surface area contributed by atoms with Crippen LogP contribution in [-0.4, -0.2) is 63.2 Å². The zero-order valence-corrected chi connectivity index (χ0v) is 23.1. The van der Waals surface area contributed by atoms with Crippen LogP contribution in [0.15, 0.2) is 30.5 Å². The zero-order valence-electron chi connectivity index (χ0n) is 22.3. The molecule has 0 radical (unpaired) electrons. The molecule has 4 N–H and O–H groups in total. The predicted molar refractivity (Wildman–Crippen MR) is 141 cm³/mol. The van der Waals surface area contributed by atoms with E-state index >= 15 is 0 Å². The number of aliphatic carboxylic acids is 1. The van der Waals surface area contributed by atoms with Crippen LogP contribution in [0.5, 0.6) is 0 Å². The number of ether oxygens (including phenoxy) is 1. The summed E-state index contributed by atoms with van der Waals surface area (Å²) < 4.78 is 38.9. The Bertz CT molecular complexity index is 1380. The summed E-state index contributed by atoms with van der Waals surface area (Å²) >= 11 is 6.71. The number of guanidine groups is 1. The molecule has 1 aromatic carbocycles. The van der Waals surface area contributed by atoms with Crippen molar-refractivity contribution in [3.63, 3.8) is 0 Å². The highest BCUT2D eigenvalue weighted by atomic mass is 35.5. The van der Waals surface area contributed by atoms with Crippen LogP contribution < -0.4 is 10.6 Å². The number of benzene rings is 1. The van der Waals surface area contributed by atoms with Gasteiger partial charge in [-0.2, -0.15) is 18.4 Å². The normalized spacial score (nSPS) is 22.6. The highest BCUT2D eigenvalue weighted by molar-refractivity contribution is 6.35. The number of carbonyl (C=O) groups excluding carboxylic acids is 2. The van der Waals surface area contributed by atoms with Crippen molar-refractivity contribution >= 4 is 41.0 Å². The van der Waals surface area contributed by atoms with Gasteiger partial charge in [-0.15, -0.1) is 0 Å². The lowest BCUT2D eigenvalue weighted by atomic mass is 9.85. The van der Waals surface area contributed by atoms with Crippen LogP contribution in [0, 0.1) is 16.7 Å². The van der Waals surface area contributed by atoms with Gasteiger partial charge < -0.3 is 25.0 Å². The van der Waals surface area contributed by atoms with Crippen LogP contribution in [0.3, 0.4) is 0 Å². The fourth-order valence-corrected chi connectivity index (χ4v) is 5.11. The second kappa shape index (κ2) is 12.2. The summed E-state index contributed by atoms with van der Waals surface area (Å²) in [7, 11) is 1.68. The van der Waals surface area contributed by atoms with Crippen LogP contribution in [-0.2, 0) is 26.9 Å². The van der Waals surface area contributed by atoms with E-state index in [1.54, 1.807) is 36.0 Å². The molecule has 0 aliphatic carbocycles. The Morgan fingerprint density at radius 3 is 2.56 bits per heavy atom. The summed E-state index contributed by atoms with van der Waals surface area (Å²) in [5, 5.41) is 31.1. The van der Waals surface area contributed by atoms with Crippen molar-refractivity contribution < 1.29 is 37.4 Å². The van der Waals surface area contributed by atoms with Crippen LogP contribution >= 0.6 is 11.6 Å². The van der Waals surface area contributed by atoms with E-state index in [2.05, 4.69) is 10.6 Å². The third kappa shape index (κ3) is 7.17. The predicted octanol–water partition coefficient (Wildman–Crippen LogP) is 3.98. The molecule has 0 bridgehead atoms. The molecule has 0 unspecified atom stereocenters. The number of aromatic nitrogens is 1. The fraction of sp³-hybridized carbons (Fsp3) is 0.423. The molecule has 0 saturated carbocycles. The minimum atomic E-state index is -5.08. The number of rotatable bonds is 4. The van der Waals surface area contributed by atoms with E-state index in [-0.39, 0.29) is 35.5 Å². The van der Waals surface area contributed by atoms with Crippen LogP contribution in [0.2, 0.25) is 5.02 Å². The summed E-state index contributed by atoms with van der Waals surface area (Å²) in [6.45, 7) is 4.36. The molecule has 220 valence electrons. The molecule has 2 aliphatic rings. The summed E-state index contributed by atoms with van der Waals surface area (Å²) in [4.78, 5) is 36.4. The van der Waals surface area contributed by atoms with Crippen molar-refractivity contribution in [1.82, 2.24) is 14.8 Å². The maximum Gasteiger partial charge on any atom is 0.490 e. The number of alkyl halides is 3. The van der Waals surface area contributed by atoms with Gasteiger partial charge in [0.15, 0.2) is 5.96 Å². The number of nitrogens with zero attached hydrogens (tertiary/aromatic N) is 3. The number of carbonyl (C=O) groups is 3. The Morgan fingerprint density at radius 2 is 2.02 bits per heavy atom. The SMILES string of the molecule is C[C@@H]1C[C@H](N2C(=N)N[C@](C)(c3cccc(NC(=O)c4cc(C#N)cn4C)c3Cl)CC2=O)CCO1.O=C(O)C(F)(F)F. The van der Waals surface area contributed by atoms with Gasteiger partial charge >= 0.3 is 12.1 Å². The fourth-order valence-electron chi connectivity index (χ4n) is 4.73. The van der Waals surface area contributed by atoms with E-state index in [4.69, 9.17) is 36.9 Å². The topological polar surface area (TPSA) is 161 Å². The first-order valence-corrected chi connectivity index (χ1v) is 12.7. The van der Waals surface area contributed by atoms with E-state index in [9.17, 15) is 22.8 Å². The number of hydrogen-bond acceptors (Lipinski definition) is 6. The van der Waals surface area contributed by atoms with Gasteiger partial charge in [-0.3, -0.25) is 19.9 Å². The lowest BCUT2D eigenvalue weighted by molar-refractivity contribution is -0.192. The lowest BCUT2D eigenvalue weighted by Crippen LogP contribution is -2.63. The second-order valence-corrected chi connectivity index (χ2v) is 10.2. The quantitative estimate of drug-likeness (QED) is 0.415. The lowest BCUT2D eigenvalue weighted by Gasteiger charge is -2.45. The summed E-state index contributed by atoms with van der Waals surface area (Å²) in [6.07, 6.45) is -1.99. The Labute approximate surface area is 238 Å². The van der Waals surface area contributed by atoms with Gasteiger partial charge in [0, 0.05) is 25.9 Å². The minimum absolute atomic E-state index is 0.0378. The van der Waals surface area contributed by atoms with Crippen molar-refractivity contribution in [2.75, 3.05) is 11.9 Å². The standard InChI is InChI=1S/C24H27ClN6O3.C2HF3O2/c1-14-9-16(7-8-34-14)31-20(32)11-24(2,29-23(31)27)17-5-4-6-18(21(17)25)28-22(33)19-10-15(12-26)13-30(19)3;3-2(4,5)1(6)7/h4-6,10,13-14,16H,7-9,11H2,1-3H3,(H2,27,29)(H,28,33);(H,6,7)/t14-,16-,24+;/m1./s1. The Hall–Kier alpha value is -4.09. The Balaban J connectivity index is 0.000000587. The highest BCUT2D eigenvalue weighted by Crippen LogP contribution is 2.38. The van der Waals surface area contributed by atoms with E-state index < -0.39 is 23.6 Å². The molecule has 3 heterocycles. The molecule has 4 rings (SSSR count). The molecule has 3 atom stereocenters. The zero-order chi connectivity index (χ0) is 30.7. The first-order chi connectivity index (χ1) is 19.1. The van der Waals surface area contributed by atoms with Crippen LogP contribution in [0.25, 0.3) is 0 Å². The largest absolute Gasteiger partial charge is 0.490 e. The van der Waals surface area contributed by atoms with Gasteiger partial charge in [0.05, 0.1) is 34.3 Å². The number of hydrogen-bond donors (Lipinski definition) is 4. The van der Waals surface area contributed by atoms with Gasteiger partial charge in [0.25, 0.3) is 5.91 Å². The number of aryl methyl sites for hydroxylation is 1. The van der Waals surface area contributed by atoms with Gasteiger partial charge in [-0.1, -0.05) is 23.7 Å². The monoisotopic (exact) mass is 596 g/mol. The minimum Gasteiger partial charge on any atom is -0.475 e. The van der Waals surface area contributed by atoms with E-state index in [0.717, 1.165) is 0 Å². The van der Waals surface area contributed by atoms with Gasteiger partial charge in [-0.05, 0) is 44.4 Å². The molecule has 15 heteroatoms. The number of carboxylic acids is 1. The highest BCUT2D eigenvalue weighted by Gasteiger charge is 2.44. The number of halogens is 4. The smallest absolute Gasteiger partial charge is 0.475 e. The van der Waals surface area contributed by atoms with Gasteiger partial charge in [-0.25, -0.2) is 4.79 Å². The number of nitriles is 1. The average molecular weight is 597 g/mol. The maximum atomic E-state index is 13.2. The first-order valence-electron chi connectivity index (χ1n) is 12.3. The third-order valence-corrected chi connectivity index (χ3v) is 7.09. The number of amides is 2. The van der Waals surface area contributed by atoms with E-state index in [1.807, 2.05) is 19.9 Å². The molecular formula is C26H28ClF3N6O5. The van der Waals surface area contributed by atoms with Gasteiger partial charge in [0.1, 0.15) is 11.8 Å². The van der Waals surface area contributed by atoms with Gasteiger partial charge in [0.2, 0.25) is 5.91 Å².